The Morgan fingerprint density at radius 1 is 1.23 bits per heavy atom. The van der Waals surface area contributed by atoms with Crippen LogP contribution in [0.25, 0.3) is 4.96 Å². The van der Waals surface area contributed by atoms with Crippen molar-refractivity contribution in [3.8, 4) is 11.5 Å². The molecule has 0 atom stereocenters. The number of aryl methyl sites for hydroxylation is 2. The molecule has 1 aromatic carbocycles. The molecule has 0 saturated carbocycles. The summed E-state index contributed by atoms with van der Waals surface area (Å²) in [6.45, 7) is 0. The van der Waals surface area contributed by atoms with Crippen molar-refractivity contribution in [1.82, 2.24) is 9.38 Å². The molecule has 0 fully saturated rings. The molecule has 3 aromatic rings. The van der Waals surface area contributed by atoms with Crippen molar-refractivity contribution in [1.29, 1.82) is 0 Å². The number of carbonyl (C=O) groups excluding carboxylic acids is 1. The van der Waals surface area contributed by atoms with E-state index in [1.807, 2.05) is 0 Å². The number of anilines is 1. The Balaban J connectivity index is 1.68. The van der Waals surface area contributed by atoms with Crippen LogP contribution >= 0.6 is 11.3 Å². The van der Waals surface area contributed by atoms with Gasteiger partial charge >= 0.3 is 0 Å². The van der Waals surface area contributed by atoms with Crippen LogP contribution < -0.4 is 20.3 Å². The van der Waals surface area contributed by atoms with Crippen molar-refractivity contribution >= 4 is 27.9 Å². The number of ether oxygens (including phenoxy) is 2. The molecule has 2 aromatic heterocycles. The summed E-state index contributed by atoms with van der Waals surface area (Å²) < 4.78 is 12.0. The number of hydrogen-bond acceptors (Lipinski definition) is 6. The van der Waals surface area contributed by atoms with E-state index in [9.17, 15) is 9.59 Å². The smallest absolute Gasteiger partial charge is 0.282 e. The molecule has 0 radical (unpaired) electrons. The van der Waals surface area contributed by atoms with Gasteiger partial charge in [0.25, 0.3) is 11.5 Å². The third-order valence-corrected chi connectivity index (χ3v) is 5.60. The van der Waals surface area contributed by atoms with Crippen LogP contribution in [0.15, 0.2) is 29.2 Å². The van der Waals surface area contributed by atoms with Crippen LogP contribution in [0.4, 0.5) is 5.69 Å². The molecule has 26 heavy (non-hydrogen) atoms. The molecule has 0 aliphatic heterocycles. The first-order valence-electron chi connectivity index (χ1n) is 8.18. The SMILES string of the molecule is COc1ccc(C(=O)Nc2cnc3sc4c(n3c2=O)CCC4)cc1OC. The lowest BCUT2D eigenvalue weighted by atomic mass is 10.2. The summed E-state index contributed by atoms with van der Waals surface area (Å²) in [6, 6.07) is 4.83. The van der Waals surface area contributed by atoms with Crippen LogP contribution in [0.1, 0.15) is 27.3 Å². The fourth-order valence-electron chi connectivity index (χ4n) is 3.16. The van der Waals surface area contributed by atoms with E-state index in [4.69, 9.17) is 9.47 Å². The summed E-state index contributed by atoms with van der Waals surface area (Å²) in [4.78, 5) is 31.6. The Morgan fingerprint density at radius 2 is 2.04 bits per heavy atom. The third kappa shape index (κ3) is 2.62. The number of rotatable bonds is 4. The van der Waals surface area contributed by atoms with Gasteiger partial charge in [0.2, 0.25) is 0 Å². The third-order valence-electron chi connectivity index (χ3n) is 4.45. The van der Waals surface area contributed by atoms with Crippen LogP contribution in [0, 0.1) is 0 Å². The Labute approximate surface area is 153 Å². The average Bonchev–Trinajstić information content (AvgIpc) is 3.24. The largest absolute Gasteiger partial charge is 0.493 e. The van der Waals surface area contributed by atoms with Crippen molar-refractivity contribution in [3.05, 3.63) is 50.9 Å². The molecule has 134 valence electrons. The highest BCUT2D eigenvalue weighted by atomic mass is 32.1. The molecule has 1 aliphatic rings. The second kappa shape index (κ2) is 6.45. The number of hydrogen-bond donors (Lipinski definition) is 1. The normalized spacial score (nSPS) is 12.8. The molecule has 2 heterocycles. The Kier molecular flexibility index (Phi) is 4.12. The zero-order valence-electron chi connectivity index (χ0n) is 14.4. The highest BCUT2D eigenvalue weighted by molar-refractivity contribution is 7.17. The zero-order valence-corrected chi connectivity index (χ0v) is 15.2. The van der Waals surface area contributed by atoms with Gasteiger partial charge in [0, 0.05) is 16.1 Å². The minimum absolute atomic E-state index is 0.162. The van der Waals surface area contributed by atoms with Gasteiger partial charge < -0.3 is 14.8 Å². The van der Waals surface area contributed by atoms with Gasteiger partial charge in [-0.2, -0.15) is 0 Å². The van der Waals surface area contributed by atoms with E-state index in [2.05, 4.69) is 10.3 Å². The van der Waals surface area contributed by atoms with Crippen molar-refractivity contribution in [2.75, 3.05) is 19.5 Å². The summed E-state index contributed by atoms with van der Waals surface area (Å²) in [5.74, 6) is 0.568. The number of benzene rings is 1. The van der Waals surface area contributed by atoms with Crippen molar-refractivity contribution in [3.63, 3.8) is 0 Å². The lowest BCUT2D eigenvalue weighted by molar-refractivity contribution is 0.102. The maximum atomic E-state index is 12.8. The van der Waals surface area contributed by atoms with E-state index in [1.54, 1.807) is 33.9 Å². The van der Waals surface area contributed by atoms with Crippen molar-refractivity contribution in [2.24, 2.45) is 0 Å². The van der Waals surface area contributed by atoms with Crippen LogP contribution in [0.3, 0.4) is 0 Å². The molecule has 1 N–H and O–H groups in total. The van der Waals surface area contributed by atoms with E-state index < -0.39 is 5.91 Å². The van der Waals surface area contributed by atoms with E-state index in [0.717, 1.165) is 25.0 Å². The zero-order chi connectivity index (χ0) is 18.3. The lowest BCUT2D eigenvalue weighted by Crippen LogP contribution is -2.23. The standard InChI is InChI=1S/C18H17N3O4S/c1-24-13-7-6-10(8-14(13)25-2)16(22)20-11-9-19-18-21(17(11)23)12-4-3-5-15(12)26-18/h6-9H,3-5H2,1-2H3,(H,20,22). The molecular weight excluding hydrogens is 354 g/mol. The maximum absolute atomic E-state index is 12.8. The van der Waals surface area contributed by atoms with Gasteiger partial charge in [-0.15, -0.1) is 11.3 Å². The monoisotopic (exact) mass is 371 g/mol. The Hall–Kier alpha value is -2.87. The summed E-state index contributed by atoms with van der Waals surface area (Å²) in [6.07, 6.45) is 4.31. The second-order valence-corrected chi connectivity index (χ2v) is 7.01. The second-order valence-electron chi connectivity index (χ2n) is 5.94. The molecule has 0 spiro atoms. The predicted octanol–water partition coefficient (Wildman–Crippen LogP) is 2.51. The van der Waals surface area contributed by atoms with E-state index >= 15 is 0 Å². The Bertz CT molecular complexity index is 1070. The molecule has 0 bridgehead atoms. The number of thiazole rings is 1. The van der Waals surface area contributed by atoms with E-state index in [1.165, 1.54) is 25.3 Å². The predicted molar refractivity (Wildman–Crippen MR) is 98.9 cm³/mol. The fourth-order valence-corrected chi connectivity index (χ4v) is 4.33. The Morgan fingerprint density at radius 3 is 2.81 bits per heavy atom. The quantitative estimate of drug-likeness (QED) is 0.762. The van der Waals surface area contributed by atoms with Crippen molar-refractivity contribution < 1.29 is 14.3 Å². The summed E-state index contributed by atoms with van der Waals surface area (Å²) in [5.41, 5.74) is 1.30. The molecular formula is C18H17N3O4S. The molecule has 0 unspecified atom stereocenters. The van der Waals surface area contributed by atoms with Gasteiger partial charge in [-0.1, -0.05) is 0 Å². The molecule has 8 heteroatoms. The van der Waals surface area contributed by atoms with Crippen LogP contribution in [0.5, 0.6) is 11.5 Å². The van der Waals surface area contributed by atoms with Crippen LogP contribution in [0.2, 0.25) is 0 Å². The summed E-state index contributed by atoms with van der Waals surface area (Å²) in [5, 5.41) is 2.66. The maximum Gasteiger partial charge on any atom is 0.282 e. The first-order valence-corrected chi connectivity index (χ1v) is 8.99. The minimum Gasteiger partial charge on any atom is -0.493 e. The molecule has 0 saturated heterocycles. The molecule has 1 aliphatic carbocycles. The van der Waals surface area contributed by atoms with Gasteiger partial charge in [0.15, 0.2) is 16.5 Å². The van der Waals surface area contributed by atoms with Crippen LogP contribution in [-0.2, 0) is 12.8 Å². The highest BCUT2D eigenvalue weighted by Gasteiger charge is 2.21. The molecule has 1 amide bonds. The summed E-state index contributed by atoms with van der Waals surface area (Å²) >= 11 is 1.54. The first-order chi connectivity index (χ1) is 12.6. The fraction of sp³-hybridized carbons (Fsp3) is 0.278. The number of fused-ring (bicyclic) bond motifs is 3. The number of nitrogens with zero attached hydrogens (tertiary/aromatic N) is 2. The van der Waals surface area contributed by atoms with E-state index in [0.29, 0.717) is 22.0 Å². The minimum atomic E-state index is -0.406. The highest BCUT2D eigenvalue weighted by Crippen LogP contribution is 2.30. The van der Waals surface area contributed by atoms with Gasteiger partial charge in [-0.05, 0) is 37.5 Å². The van der Waals surface area contributed by atoms with Gasteiger partial charge in [-0.25, -0.2) is 4.98 Å². The van der Waals surface area contributed by atoms with Gasteiger partial charge in [0.1, 0.15) is 5.69 Å². The van der Waals surface area contributed by atoms with Gasteiger partial charge in [0.05, 0.1) is 20.4 Å². The topological polar surface area (TPSA) is 81.9 Å². The molecule has 4 rings (SSSR count). The van der Waals surface area contributed by atoms with Crippen LogP contribution in [-0.4, -0.2) is 29.5 Å². The first kappa shape index (κ1) is 16.6. The molecule has 7 nitrogen and oxygen atoms in total. The summed E-state index contributed by atoms with van der Waals surface area (Å²) in [7, 11) is 3.03. The number of methoxy groups -OCH3 is 2. The van der Waals surface area contributed by atoms with E-state index in [-0.39, 0.29) is 11.2 Å². The number of amides is 1. The van der Waals surface area contributed by atoms with Gasteiger partial charge in [-0.3, -0.25) is 14.0 Å². The number of nitrogens with one attached hydrogen (secondary N) is 1. The number of carbonyl (C=O) groups is 1. The average molecular weight is 371 g/mol. The lowest BCUT2D eigenvalue weighted by Gasteiger charge is -2.10. The number of aromatic nitrogens is 2. The van der Waals surface area contributed by atoms with Crippen molar-refractivity contribution in [2.45, 2.75) is 19.3 Å².